The van der Waals surface area contributed by atoms with E-state index in [1.165, 1.54) is 6.07 Å². The molecule has 6 nitrogen and oxygen atoms in total. The summed E-state index contributed by atoms with van der Waals surface area (Å²) in [4.78, 5) is 11.2. The summed E-state index contributed by atoms with van der Waals surface area (Å²) in [6.45, 7) is 0. The predicted molar refractivity (Wildman–Crippen MR) is 72.4 cm³/mol. The van der Waals surface area contributed by atoms with Gasteiger partial charge in [0.25, 0.3) is 0 Å². The van der Waals surface area contributed by atoms with Crippen LogP contribution in [0.1, 0.15) is 10.4 Å². The summed E-state index contributed by atoms with van der Waals surface area (Å²) in [5, 5.41) is 17.1. The van der Waals surface area contributed by atoms with Crippen LogP contribution in [-0.2, 0) is 0 Å². The number of hydrogen-bond acceptors (Lipinski definition) is 4. The van der Waals surface area contributed by atoms with E-state index in [1.807, 2.05) is 24.3 Å². The molecule has 0 aliphatic carbocycles. The molecule has 0 fully saturated rings. The number of aromatic carboxylic acids is 1. The number of fused-ring (bicyclic) bond motifs is 1. The molecule has 2 aromatic carbocycles. The van der Waals surface area contributed by atoms with Gasteiger partial charge in [0.2, 0.25) is 0 Å². The summed E-state index contributed by atoms with van der Waals surface area (Å²) in [5.41, 5.74) is 1.95. The third-order valence-corrected chi connectivity index (χ3v) is 3.02. The lowest BCUT2D eigenvalue weighted by molar-refractivity contribution is 0.0699. The molecule has 0 aliphatic rings. The number of nitrogens with zero attached hydrogens (tertiary/aromatic N) is 3. The van der Waals surface area contributed by atoms with Crippen molar-refractivity contribution in [1.29, 1.82) is 0 Å². The molecule has 3 rings (SSSR count). The van der Waals surface area contributed by atoms with Gasteiger partial charge < -0.3 is 9.84 Å². The zero-order valence-electron chi connectivity index (χ0n) is 10.6. The van der Waals surface area contributed by atoms with Crippen LogP contribution in [0.25, 0.3) is 16.7 Å². The third-order valence-electron chi connectivity index (χ3n) is 3.02. The fourth-order valence-electron chi connectivity index (χ4n) is 2.03. The number of carboxylic acid groups (broad SMARTS) is 1. The Morgan fingerprint density at radius 2 is 1.95 bits per heavy atom. The molecule has 1 N–H and O–H groups in total. The largest absolute Gasteiger partial charge is 0.497 e. The number of carboxylic acids is 1. The Bertz CT molecular complexity index is 778. The van der Waals surface area contributed by atoms with Crippen molar-refractivity contribution in [2.75, 3.05) is 7.11 Å². The van der Waals surface area contributed by atoms with Gasteiger partial charge in [0.1, 0.15) is 11.3 Å². The number of methoxy groups -OCH3 is 1. The minimum atomic E-state index is -1.02. The number of rotatable bonds is 3. The number of benzene rings is 2. The Labute approximate surface area is 114 Å². The first kappa shape index (κ1) is 12.2. The Balaban J connectivity index is 2.17. The maximum atomic E-state index is 11.2. The van der Waals surface area contributed by atoms with Gasteiger partial charge in [0.05, 0.1) is 23.9 Å². The maximum absolute atomic E-state index is 11.2. The normalized spacial score (nSPS) is 10.7. The molecule has 1 heterocycles. The van der Waals surface area contributed by atoms with Crippen molar-refractivity contribution >= 4 is 17.0 Å². The fraction of sp³-hybridized carbons (Fsp3) is 0.0714. The standard InChI is InChI=1S/C14H11N3O3/c1-20-10-7-5-9(6-8-10)17-12-4-2-3-11(14(18)19)13(12)15-16-17/h2-8H,1H3,(H,18,19). The summed E-state index contributed by atoms with van der Waals surface area (Å²) in [5.74, 6) is -0.276. The van der Waals surface area contributed by atoms with Gasteiger partial charge in [-0.15, -0.1) is 5.10 Å². The molecule has 0 amide bonds. The number of hydrogen-bond donors (Lipinski definition) is 1. The molecule has 0 bridgehead atoms. The van der Waals surface area contributed by atoms with Crippen molar-refractivity contribution in [3.8, 4) is 11.4 Å². The van der Waals surface area contributed by atoms with Gasteiger partial charge in [-0.1, -0.05) is 11.3 Å². The van der Waals surface area contributed by atoms with E-state index in [4.69, 9.17) is 9.84 Å². The highest BCUT2D eigenvalue weighted by molar-refractivity contribution is 6.00. The molecule has 20 heavy (non-hydrogen) atoms. The van der Waals surface area contributed by atoms with Gasteiger partial charge in [0, 0.05) is 0 Å². The molecule has 6 heteroatoms. The molecule has 0 spiro atoms. The lowest BCUT2D eigenvalue weighted by Crippen LogP contribution is -1.98. The van der Waals surface area contributed by atoms with Crippen molar-refractivity contribution in [3.05, 3.63) is 48.0 Å². The molecular weight excluding hydrogens is 258 g/mol. The number of ether oxygens (including phenoxy) is 1. The molecule has 1 aromatic heterocycles. The summed E-state index contributed by atoms with van der Waals surface area (Å²) < 4.78 is 6.70. The van der Waals surface area contributed by atoms with Gasteiger partial charge >= 0.3 is 5.97 Å². The molecule has 0 unspecified atom stereocenters. The first-order valence-corrected chi connectivity index (χ1v) is 5.93. The Hall–Kier alpha value is -2.89. The topological polar surface area (TPSA) is 77.2 Å². The van der Waals surface area contributed by atoms with Crippen LogP contribution in [0.3, 0.4) is 0 Å². The van der Waals surface area contributed by atoms with Crippen LogP contribution in [-0.4, -0.2) is 33.2 Å². The SMILES string of the molecule is COc1ccc(-n2nnc3c(C(=O)O)cccc32)cc1. The summed E-state index contributed by atoms with van der Waals surface area (Å²) >= 11 is 0. The number of aromatic nitrogens is 3. The second-order valence-corrected chi connectivity index (χ2v) is 4.18. The van der Waals surface area contributed by atoms with E-state index in [2.05, 4.69) is 10.3 Å². The zero-order chi connectivity index (χ0) is 14.1. The van der Waals surface area contributed by atoms with E-state index in [-0.39, 0.29) is 5.56 Å². The average Bonchev–Trinajstić information content (AvgIpc) is 2.91. The van der Waals surface area contributed by atoms with Gasteiger partial charge in [-0.2, -0.15) is 0 Å². The first-order chi connectivity index (χ1) is 9.70. The third kappa shape index (κ3) is 1.87. The van der Waals surface area contributed by atoms with E-state index in [9.17, 15) is 4.79 Å². The van der Waals surface area contributed by atoms with Crippen LogP contribution in [0.4, 0.5) is 0 Å². The summed E-state index contributed by atoms with van der Waals surface area (Å²) in [7, 11) is 1.60. The second kappa shape index (κ2) is 4.65. The Morgan fingerprint density at radius 1 is 1.20 bits per heavy atom. The molecule has 100 valence electrons. The highest BCUT2D eigenvalue weighted by atomic mass is 16.5. The molecular formula is C14H11N3O3. The van der Waals surface area contributed by atoms with E-state index < -0.39 is 5.97 Å². The van der Waals surface area contributed by atoms with E-state index in [0.717, 1.165) is 11.4 Å². The van der Waals surface area contributed by atoms with E-state index in [0.29, 0.717) is 11.0 Å². The van der Waals surface area contributed by atoms with E-state index >= 15 is 0 Å². The Morgan fingerprint density at radius 3 is 2.60 bits per heavy atom. The lowest BCUT2D eigenvalue weighted by atomic mass is 10.2. The molecule has 3 aromatic rings. The highest BCUT2D eigenvalue weighted by Gasteiger charge is 2.14. The van der Waals surface area contributed by atoms with Crippen LogP contribution in [0, 0.1) is 0 Å². The first-order valence-electron chi connectivity index (χ1n) is 5.93. The van der Waals surface area contributed by atoms with Gasteiger partial charge in [-0.05, 0) is 36.4 Å². The molecule has 0 saturated heterocycles. The van der Waals surface area contributed by atoms with Crippen molar-refractivity contribution in [1.82, 2.24) is 15.0 Å². The van der Waals surface area contributed by atoms with Crippen LogP contribution < -0.4 is 4.74 Å². The predicted octanol–water partition coefficient (Wildman–Crippen LogP) is 2.13. The average molecular weight is 269 g/mol. The van der Waals surface area contributed by atoms with Crippen molar-refractivity contribution in [3.63, 3.8) is 0 Å². The monoisotopic (exact) mass is 269 g/mol. The smallest absolute Gasteiger partial charge is 0.338 e. The van der Waals surface area contributed by atoms with E-state index in [1.54, 1.807) is 23.9 Å². The minimum absolute atomic E-state index is 0.141. The summed E-state index contributed by atoms with van der Waals surface area (Å²) in [6, 6.07) is 12.3. The zero-order valence-corrected chi connectivity index (χ0v) is 10.6. The quantitative estimate of drug-likeness (QED) is 0.788. The van der Waals surface area contributed by atoms with Crippen molar-refractivity contribution in [2.24, 2.45) is 0 Å². The number of carbonyl (C=O) groups is 1. The lowest BCUT2D eigenvalue weighted by Gasteiger charge is -2.04. The molecule has 0 radical (unpaired) electrons. The van der Waals surface area contributed by atoms with Crippen LogP contribution >= 0.6 is 0 Å². The van der Waals surface area contributed by atoms with Crippen molar-refractivity contribution < 1.29 is 14.6 Å². The second-order valence-electron chi connectivity index (χ2n) is 4.18. The van der Waals surface area contributed by atoms with Gasteiger partial charge in [-0.3, -0.25) is 0 Å². The minimum Gasteiger partial charge on any atom is -0.497 e. The maximum Gasteiger partial charge on any atom is 0.338 e. The van der Waals surface area contributed by atoms with Gasteiger partial charge in [0.15, 0.2) is 0 Å². The van der Waals surface area contributed by atoms with Crippen LogP contribution in [0.5, 0.6) is 5.75 Å². The molecule has 0 saturated carbocycles. The van der Waals surface area contributed by atoms with Crippen LogP contribution in [0.2, 0.25) is 0 Å². The summed E-state index contributed by atoms with van der Waals surface area (Å²) in [6.07, 6.45) is 0. The van der Waals surface area contributed by atoms with Crippen molar-refractivity contribution in [2.45, 2.75) is 0 Å². The molecule has 0 aliphatic heterocycles. The molecule has 0 atom stereocenters. The van der Waals surface area contributed by atoms with Crippen LogP contribution in [0.15, 0.2) is 42.5 Å². The fourth-order valence-corrected chi connectivity index (χ4v) is 2.03. The van der Waals surface area contributed by atoms with Gasteiger partial charge in [-0.25, -0.2) is 9.48 Å². The highest BCUT2D eigenvalue weighted by Crippen LogP contribution is 2.21. The Kier molecular flexibility index (Phi) is 2.83.